The van der Waals surface area contributed by atoms with E-state index in [4.69, 9.17) is 16.3 Å². The number of allylic oxidation sites excluding steroid dienone is 1. The molecule has 4 amide bonds. The van der Waals surface area contributed by atoms with Crippen LogP contribution in [-0.2, 0) is 25.7 Å². The fourth-order valence-corrected chi connectivity index (χ4v) is 5.61. The van der Waals surface area contributed by atoms with Gasteiger partial charge in [0.15, 0.2) is 0 Å². The summed E-state index contributed by atoms with van der Waals surface area (Å²) in [5, 5.41) is 9.38. The second-order valence-electron chi connectivity index (χ2n) is 12.0. The third-order valence-corrected chi connectivity index (χ3v) is 7.94. The predicted octanol–water partition coefficient (Wildman–Crippen LogP) is 4.24. The third kappa shape index (κ3) is 7.56. The van der Waals surface area contributed by atoms with Crippen LogP contribution in [0, 0.1) is 5.92 Å². The summed E-state index contributed by atoms with van der Waals surface area (Å²) < 4.78 is 5.41. The average molecular weight is 573 g/mol. The maximum absolute atomic E-state index is 13.7. The minimum atomic E-state index is -1.05. The number of alkyl carbamates (subject to hydrolysis) is 1. The first-order valence-corrected chi connectivity index (χ1v) is 14.7. The lowest BCUT2D eigenvalue weighted by atomic mass is 10.0. The molecule has 0 unspecified atom stereocenters. The number of hydrogen-bond donors (Lipinski definition) is 3. The van der Waals surface area contributed by atoms with Crippen molar-refractivity contribution in [2.24, 2.45) is 5.92 Å². The number of hydrogen-bond acceptors (Lipinski definition) is 5. The van der Waals surface area contributed by atoms with Crippen molar-refractivity contribution in [1.82, 2.24) is 20.9 Å². The van der Waals surface area contributed by atoms with E-state index in [1.807, 2.05) is 18.2 Å². The lowest BCUT2D eigenvalue weighted by Crippen LogP contribution is -2.57. The first-order chi connectivity index (χ1) is 19.0. The summed E-state index contributed by atoms with van der Waals surface area (Å²) in [4.78, 5) is 54.9. The molecule has 2 aliphatic heterocycles. The Morgan fingerprint density at radius 2 is 1.85 bits per heavy atom. The average Bonchev–Trinajstić information content (AvgIpc) is 3.35. The van der Waals surface area contributed by atoms with Crippen molar-refractivity contribution in [3.63, 3.8) is 0 Å². The molecule has 1 saturated heterocycles. The maximum Gasteiger partial charge on any atom is 0.408 e. The van der Waals surface area contributed by atoms with Gasteiger partial charge >= 0.3 is 6.09 Å². The summed E-state index contributed by atoms with van der Waals surface area (Å²) >= 11 is 5.98. The minimum absolute atomic E-state index is 0.112. The molecule has 9 nitrogen and oxygen atoms in total. The summed E-state index contributed by atoms with van der Waals surface area (Å²) in [6.07, 6.45) is 9.00. The number of amides is 4. The zero-order valence-electron chi connectivity index (χ0n) is 23.6. The van der Waals surface area contributed by atoms with Gasteiger partial charge in [-0.15, -0.1) is 0 Å². The molecule has 218 valence electrons. The number of fused-ring (bicyclic) bond motifs is 2. The number of carbonyl (C=O) groups excluding carboxylic acids is 4. The first-order valence-electron chi connectivity index (χ1n) is 14.3. The Hall–Kier alpha value is -3.07. The smallest absolute Gasteiger partial charge is 0.408 e. The van der Waals surface area contributed by atoms with Gasteiger partial charge in [0.2, 0.25) is 17.7 Å². The number of nitrogens with zero attached hydrogens (tertiary/aromatic N) is 1. The highest BCUT2D eigenvalue weighted by molar-refractivity contribution is 6.30. The molecule has 40 heavy (non-hydrogen) atoms. The number of rotatable bonds is 4. The quantitative estimate of drug-likeness (QED) is 0.467. The molecule has 3 N–H and O–H groups in total. The van der Waals surface area contributed by atoms with Gasteiger partial charge in [-0.05, 0) is 77.0 Å². The van der Waals surface area contributed by atoms with Crippen LogP contribution in [0.25, 0.3) is 0 Å². The Kier molecular flexibility index (Phi) is 9.44. The Labute approximate surface area is 241 Å². The van der Waals surface area contributed by atoms with Gasteiger partial charge < -0.3 is 25.6 Å². The van der Waals surface area contributed by atoms with E-state index >= 15 is 0 Å². The molecular weight excluding hydrogens is 532 g/mol. The topological polar surface area (TPSA) is 117 Å². The zero-order valence-corrected chi connectivity index (χ0v) is 24.4. The van der Waals surface area contributed by atoms with E-state index in [9.17, 15) is 19.2 Å². The fraction of sp³-hybridized carbons (Fsp3) is 0.600. The van der Waals surface area contributed by atoms with E-state index in [1.54, 1.807) is 37.8 Å². The SMILES string of the molecule is CC(C)(C)OC(=O)N[C@H]1CCCCCC=C[C@@H]2C[C@@]2(C(=O)NCc2ccc(Cl)cc2)NC(=O)[C@@H]2CCCN2C1=O. The molecule has 4 rings (SSSR count). The summed E-state index contributed by atoms with van der Waals surface area (Å²) in [5.74, 6) is -0.978. The zero-order chi connectivity index (χ0) is 28.9. The van der Waals surface area contributed by atoms with E-state index in [0.717, 1.165) is 31.2 Å². The van der Waals surface area contributed by atoms with Crippen LogP contribution in [0.3, 0.4) is 0 Å². The lowest BCUT2D eigenvalue weighted by molar-refractivity contribution is -0.141. The van der Waals surface area contributed by atoms with Crippen molar-refractivity contribution in [2.75, 3.05) is 6.54 Å². The highest BCUT2D eigenvalue weighted by atomic mass is 35.5. The van der Waals surface area contributed by atoms with Gasteiger partial charge in [-0.2, -0.15) is 0 Å². The Bertz CT molecular complexity index is 1130. The normalized spacial score (nSPS) is 27.4. The molecule has 2 fully saturated rings. The fourth-order valence-electron chi connectivity index (χ4n) is 5.49. The first kappa shape index (κ1) is 29.9. The molecule has 4 atom stereocenters. The molecule has 3 aliphatic rings. The van der Waals surface area contributed by atoms with Crippen LogP contribution < -0.4 is 16.0 Å². The van der Waals surface area contributed by atoms with Crippen molar-refractivity contribution < 1.29 is 23.9 Å². The molecule has 1 saturated carbocycles. The minimum Gasteiger partial charge on any atom is -0.444 e. The van der Waals surface area contributed by atoms with Gasteiger partial charge in [0.1, 0.15) is 23.2 Å². The van der Waals surface area contributed by atoms with Gasteiger partial charge in [-0.3, -0.25) is 14.4 Å². The summed E-state index contributed by atoms with van der Waals surface area (Å²) in [6.45, 7) is 6.04. The monoisotopic (exact) mass is 572 g/mol. The molecule has 10 heteroatoms. The maximum atomic E-state index is 13.7. The summed E-state index contributed by atoms with van der Waals surface area (Å²) in [7, 11) is 0. The molecule has 0 radical (unpaired) electrons. The molecule has 1 aliphatic carbocycles. The van der Waals surface area contributed by atoms with Crippen LogP contribution in [0.2, 0.25) is 5.02 Å². The lowest BCUT2D eigenvalue weighted by Gasteiger charge is -2.30. The molecule has 1 aromatic rings. The van der Waals surface area contributed by atoms with Crippen LogP contribution in [0.4, 0.5) is 4.79 Å². The van der Waals surface area contributed by atoms with Gasteiger partial charge in [-0.1, -0.05) is 48.7 Å². The van der Waals surface area contributed by atoms with Crippen molar-refractivity contribution in [1.29, 1.82) is 0 Å². The van der Waals surface area contributed by atoms with Crippen LogP contribution in [0.15, 0.2) is 36.4 Å². The standard InChI is InChI=1S/C30H41ClN4O5/c1-29(2,3)40-28(39)33-23-11-8-6-4-5-7-10-21-18-30(21,27(38)32-19-20-13-15-22(31)16-14-20)34-25(36)24-12-9-17-35(24)26(23)37/h7,10,13-16,21,23-24H,4-6,8-9,11-12,17-19H2,1-3H3,(H,32,38)(H,33,39)(H,34,36)/t21-,23+,24+,30-/m1/s1. The van der Waals surface area contributed by atoms with E-state index < -0.39 is 29.3 Å². The van der Waals surface area contributed by atoms with Crippen LogP contribution >= 0.6 is 11.6 Å². The highest BCUT2D eigenvalue weighted by Crippen LogP contribution is 2.45. The number of nitrogens with one attached hydrogen (secondary N) is 3. The van der Waals surface area contributed by atoms with Crippen molar-refractivity contribution >= 4 is 35.4 Å². The van der Waals surface area contributed by atoms with Crippen molar-refractivity contribution in [3.8, 4) is 0 Å². The Morgan fingerprint density at radius 3 is 2.58 bits per heavy atom. The summed E-state index contributed by atoms with van der Waals surface area (Å²) in [6, 6.07) is 5.76. The second kappa shape index (κ2) is 12.6. The number of carbonyl (C=O) groups is 4. The molecule has 1 aromatic carbocycles. The van der Waals surface area contributed by atoms with Gasteiger partial charge in [0.25, 0.3) is 0 Å². The second-order valence-corrected chi connectivity index (χ2v) is 12.5. The van der Waals surface area contributed by atoms with E-state index in [2.05, 4.69) is 22.0 Å². The van der Waals surface area contributed by atoms with Crippen LogP contribution in [0.5, 0.6) is 0 Å². The molecule has 0 spiro atoms. The Morgan fingerprint density at radius 1 is 1.10 bits per heavy atom. The molecule has 0 aromatic heterocycles. The largest absolute Gasteiger partial charge is 0.444 e. The molecule has 0 bridgehead atoms. The van der Waals surface area contributed by atoms with Crippen LogP contribution in [-0.4, -0.2) is 58.5 Å². The van der Waals surface area contributed by atoms with E-state index in [0.29, 0.717) is 43.8 Å². The van der Waals surface area contributed by atoms with Gasteiger partial charge in [0, 0.05) is 24.0 Å². The van der Waals surface area contributed by atoms with E-state index in [1.165, 1.54) is 0 Å². The highest BCUT2D eigenvalue weighted by Gasteiger charge is 2.60. The predicted molar refractivity (Wildman–Crippen MR) is 152 cm³/mol. The van der Waals surface area contributed by atoms with Crippen molar-refractivity contribution in [3.05, 3.63) is 47.0 Å². The number of ether oxygens (including phenoxy) is 1. The van der Waals surface area contributed by atoms with Gasteiger partial charge in [-0.25, -0.2) is 4.79 Å². The van der Waals surface area contributed by atoms with Crippen LogP contribution in [0.1, 0.15) is 77.7 Å². The number of benzene rings is 1. The summed E-state index contributed by atoms with van der Waals surface area (Å²) in [5.41, 5.74) is -0.842. The van der Waals surface area contributed by atoms with Crippen molar-refractivity contribution in [2.45, 2.75) is 102 Å². The van der Waals surface area contributed by atoms with Gasteiger partial charge in [0.05, 0.1) is 0 Å². The number of halogens is 1. The Balaban J connectivity index is 1.50. The molecular formula is C30H41ClN4O5. The van der Waals surface area contributed by atoms with E-state index in [-0.39, 0.29) is 23.6 Å². The third-order valence-electron chi connectivity index (χ3n) is 7.69. The molecule has 2 heterocycles.